The summed E-state index contributed by atoms with van der Waals surface area (Å²) < 4.78 is 0. The summed E-state index contributed by atoms with van der Waals surface area (Å²) in [5.74, 6) is 0.154. The third-order valence-corrected chi connectivity index (χ3v) is 3.68. The van der Waals surface area contributed by atoms with Crippen LogP contribution in [0.15, 0.2) is 24.3 Å². The van der Waals surface area contributed by atoms with E-state index in [1.54, 1.807) is 0 Å². The number of carbonyl (C=O) groups is 1. The molecule has 0 spiro atoms. The van der Waals surface area contributed by atoms with Crippen LogP contribution >= 0.6 is 11.6 Å². The lowest BCUT2D eigenvalue weighted by Crippen LogP contribution is -2.13. The lowest BCUT2D eigenvalue weighted by atomic mass is 10.1. The van der Waals surface area contributed by atoms with E-state index in [4.69, 9.17) is 17.3 Å². The molecule has 0 atom stereocenters. The molecule has 4 N–H and O–H groups in total. The standard InChI is InChI=1S/C14H15ClN4O/c15-13-11(12(18-19-13)9-3-4-9)14(20)17-10-5-1-8(7-16)2-6-10/h1-2,5-6,9H,3-4,7,16H2,(H,17,20)(H,18,19). The van der Waals surface area contributed by atoms with Crippen LogP contribution in [0.4, 0.5) is 5.69 Å². The van der Waals surface area contributed by atoms with Gasteiger partial charge in [0.2, 0.25) is 0 Å². The van der Waals surface area contributed by atoms with E-state index in [1.807, 2.05) is 24.3 Å². The van der Waals surface area contributed by atoms with Crippen molar-refractivity contribution >= 4 is 23.2 Å². The number of aromatic nitrogens is 2. The van der Waals surface area contributed by atoms with Gasteiger partial charge in [0.15, 0.2) is 5.15 Å². The average molecular weight is 291 g/mol. The second-order valence-corrected chi connectivity index (χ2v) is 5.29. The van der Waals surface area contributed by atoms with Gasteiger partial charge in [-0.15, -0.1) is 0 Å². The Bertz CT molecular complexity index is 631. The molecule has 5 nitrogen and oxygen atoms in total. The van der Waals surface area contributed by atoms with E-state index < -0.39 is 0 Å². The van der Waals surface area contributed by atoms with Gasteiger partial charge in [-0.3, -0.25) is 9.89 Å². The van der Waals surface area contributed by atoms with Crippen LogP contribution in [0.3, 0.4) is 0 Å². The number of hydrogen-bond donors (Lipinski definition) is 3. The first-order valence-electron chi connectivity index (χ1n) is 6.53. The number of halogens is 1. The van der Waals surface area contributed by atoms with Crippen molar-refractivity contribution in [3.63, 3.8) is 0 Å². The van der Waals surface area contributed by atoms with E-state index in [0.717, 1.165) is 24.1 Å². The van der Waals surface area contributed by atoms with Gasteiger partial charge in [0.05, 0.1) is 11.3 Å². The Labute approximate surface area is 121 Å². The fourth-order valence-electron chi connectivity index (χ4n) is 2.13. The van der Waals surface area contributed by atoms with Gasteiger partial charge in [-0.2, -0.15) is 5.10 Å². The highest BCUT2D eigenvalue weighted by atomic mass is 35.5. The molecular weight excluding hydrogens is 276 g/mol. The lowest BCUT2D eigenvalue weighted by Gasteiger charge is -2.06. The largest absolute Gasteiger partial charge is 0.326 e. The molecule has 104 valence electrons. The summed E-state index contributed by atoms with van der Waals surface area (Å²) in [6, 6.07) is 7.42. The molecule has 6 heteroatoms. The molecule has 0 radical (unpaired) electrons. The zero-order chi connectivity index (χ0) is 14.1. The van der Waals surface area contributed by atoms with Gasteiger partial charge in [-0.05, 0) is 30.5 Å². The molecule has 1 fully saturated rings. The molecular formula is C14H15ClN4O. The number of rotatable bonds is 4. The minimum Gasteiger partial charge on any atom is -0.326 e. The van der Waals surface area contributed by atoms with Crippen molar-refractivity contribution in [1.29, 1.82) is 0 Å². The van der Waals surface area contributed by atoms with Crippen molar-refractivity contribution in [3.8, 4) is 0 Å². The number of nitrogens with two attached hydrogens (primary N) is 1. The van der Waals surface area contributed by atoms with Gasteiger partial charge in [0.25, 0.3) is 5.91 Å². The van der Waals surface area contributed by atoms with Crippen molar-refractivity contribution in [3.05, 3.63) is 46.2 Å². The lowest BCUT2D eigenvalue weighted by molar-refractivity contribution is 0.102. The quantitative estimate of drug-likeness (QED) is 0.809. The van der Waals surface area contributed by atoms with E-state index in [1.165, 1.54) is 0 Å². The first kappa shape index (κ1) is 13.1. The number of H-pyrrole nitrogens is 1. The highest BCUT2D eigenvalue weighted by Crippen LogP contribution is 2.42. The van der Waals surface area contributed by atoms with Crippen molar-refractivity contribution in [2.75, 3.05) is 5.32 Å². The molecule has 3 rings (SSSR count). The number of aromatic amines is 1. The van der Waals surface area contributed by atoms with Crippen LogP contribution in [0.5, 0.6) is 0 Å². The van der Waals surface area contributed by atoms with Gasteiger partial charge in [-0.25, -0.2) is 0 Å². The van der Waals surface area contributed by atoms with Crippen LogP contribution < -0.4 is 11.1 Å². The first-order valence-corrected chi connectivity index (χ1v) is 6.91. The molecule has 0 aliphatic heterocycles. The fraction of sp³-hybridized carbons (Fsp3) is 0.286. The summed E-state index contributed by atoms with van der Waals surface area (Å²) in [6.07, 6.45) is 2.15. The normalized spacial score (nSPS) is 14.3. The van der Waals surface area contributed by atoms with E-state index in [-0.39, 0.29) is 11.1 Å². The van der Waals surface area contributed by atoms with Crippen LogP contribution in [0.25, 0.3) is 0 Å². The Morgan fingerprint density at radius 2 is 2.10 bits per heavy atom. The highest BCUT2D eigenvalue weighted by molar-refractivity contribution is 6.33. The topological polar surface area (TPSA) is 83.8 Å². The number of benzene rings is 1. The summed E-state index contributed by atoms with van der Waals surface area (Å²) in [5, 5.41) is 9.85. The Kier molecular flexibility index (Phi) is 3.46. The Hall–Kier alpha value is -1.85. The van der Waals surface area contributed by atoms with E-state index in [0.29, 0.717) is 23.7 Å². The van der Waals surface area contributed by atoms with Crippen LogP contribution in [0.1, 0.15) is 40.4 Å². The molecule has 0 bridgehead atoms. The predicted octanol–water partition coefficient (Wildman–Crippen LogP) is 2.65. The van der Waals surface area contributed by atoms with E-state index in [2.05, 4.69) is 15.5 Å². The molecule has 20 heavy (non-hydrogen) atoms. The van der Waals surface area contributed by atoms with Gasteiger partial charge < -0.3 is 11.1 Å². The Morgan fingerprint density at radius 1 is 1.40 bits per heavy atom. The maximum atomic E-state index is 12.3. The maximum absolute atomic E-state index is 12.3. The third kappa shape index (κ3) is 2.55. The van der Waals surface area contributed by atoms with Gasteiger partial charge in [0, 0.05) is 18.2 Å². The molecule has 1 heterocycles. The number of nitrogens with one attached hydrogen (secondary N) is 2. The van der Waals surface area contributed by atoms with Crippen molar-refractivity contribution in [2.45, 2.75) is 25.3 Å². The van der Waals surface area contributed by atoms with Crippen LogP contribution in [0.2, 0.25) is 5.15 Å². The fourth-order valence-corrected chi connectivity index (χ4v) is 2.36. The van der Waals surface area contributed by atoms with E-state index in [9.17, 15) is 4.79 Å². The summed E-state index contributed by atoms with van der Waals surface area (Å²) in [7, 11) is 0. The van der Waals surface area contributed by atoms with Crippen LogP contribution in [-0.2, 0) is 6.54 Å². The van der Waals surface area contributed by atoms with Gasteiger partial charge >= 0.3 is 0 Å². The summed E-state index contributed by atoms with van der Waals surface area (Å²) >= 11 is 6.01. The third-order valence-electron chi connectivity index (χ3n) is 3.41. The average Bonchev–Trinajstić information content (AvgIpc) is 3.22. The van der Waals surface area contributed by atoms with Crippen LogP contribution in [-0.4, -0.2) is 16.1 Å². The molecule has 2 aromatic rings. The number of hydrogen-bond acceptors (Lipinski definition) is 3. The van der Waals surface area contributed by atoms with Crippen molar-refractivity contribution in [1.82, 2.24) is 10.2 Å². The van der Waals surface area contributed by atoms with Gasteiger partial charge in [0.1, 0.15) is 0 Å². The summed E-state index contributed by atoms with van der Waals surface area (Å²) in [5.41, 5.74) is 8.57. The molecule has 1 aromatic carbocycles. The van der Waals surface area contributed by atoms with Gasteiger partial charge in [-0.1, -0.05) is 23.7 Å². The monoisotopic (exact) mass is 290 g/mol. The maximum Gasteiger partial charge on any atom is 0.260 e. The van der Waals surface area contributed by atoms with Crippen molar-refractivity contribution < 1.29 is 4.79 Å². The SMILES string of the molecule is NCc1ccc(NC(=O)c2c(Cl)n[nH]c2C2CC2)cc1. The minimum atomic E-state index is -0.230. The molecule has 0 saturated heterocycles. The Morgan fingerprint density at radius 3 is 2.70 bits per heavy atom. The smallest absolute Gasteiger partial charge is 0.260 e. The summed E-state index contributed by atoms with van der Waals surface area (Å²) in [6.45, 7) is 0.480. The van der Waals surface area contributed by atoms with Crippen molar-refractivity contribution in [2.24, 2.45) is 5.73 Å². The Balaban J connectivity index is 1.80. The number of nitrogens with zero attached hydrogens (tertiary/aromatic N) is 1. The molecule has 1 aliphatic carbocycles. The first-order chi connectivity index (χ1) is 9.69. The molecule has 1 aromatic heterocycles. The molecule has 1 aliphatic rings. The molecule has 1 amide bonds. The molecule has 0 unspecified atom stereocenters. The zero-order valence-corrected chi connectivity index (χ0v) is 11.6. The second-order valence-electron chi connectivity index (χ2n) is 4.93. The number of anilines is 1. The highest BCUT2D eigenvalue weighted by Gasteiger charge is 2.32. The molecule has 1 saturated carbocycles. The minimum absolute atomic E-state index is 0.225. The number of carbonyl (C=O) groups excluding carboxylic acids is 1. The number of amides is 1. The van der Waals surface area contributed by atoms with E-state index >= 15 is 0 Å². The second kappa shape index (κ2) is 5.26. The van der Waals surface area contributed by atoms with Crippen LogP contribution in [0, 0.1) is 0 Å². The predicted molar refractivity (Wildman–Crippen MR) is 77.9 cm³/mol. The summed E-state index contributed by atoms with van der Waals surface area (Å²) in [4.78, 5) is 12.3. The zero-order valence-electron chi connectivity index (χ0n) is 10.8.